The molecule has 0 aromatic heterocycles. The molecule has 0 aromatic carbocycles. The van der Waals surface area contributed by atoms with Gasteiger partial charge in [-0.15, -0.1) is 0 Å². The molecular weight excluding hydrogens is 312 g/mol. The fourth-order valence-corrected chi connectivity index (χ4v) is 5.59. The van der Waals surface area contributed by atoms with Crippen molar-refractivity contribution in [2.75, 3.05) is 0 Å². The van der Waals surface area contributed by atoms with Crippen molar-refractivity contribution in [3.8, 4) is 0 Å². The molecule has 0 saturated heterocycles. The van der Waals surface area contributed by atoms with Gasteiger partial charge in [-0.1, -0.05) is 125 Å². The van der Waals surface area contributed by atoms with Crippen LogP contribution in [0.25, 0.3) is 0 Å². The van der Waals surface area contributed by atoms with Gasteiger partial charge in [-0.3, -0.25) is 0 Å². The summed E-state index contributed by atoms with van der Waals surface area (Å²) in [5.74, 6) is 5.83. The molecule has 0 bridgehead atoms. The van der Waals surface area contributed by atoms with Gasteiger partial charge in [0.05, 0.1) is 0 Å². The van der Waals surface area contributed by atoms with Gasteiger partial charge >= 0.3 is 0 Å². The average Bonchev–Trinajstić information content (AvgIpc) is 2.59. The predicted molar refractivity (Wildman–Crippen MR) is 120 cm³/mol. The van der Waals surface area contributed by atoms with Gasteiger partial charge < -0.3 is 0 Å². The molecule has 26 heavy (non-hydrogen) atoms. The van der Waals surface area contributed by atoms with E-state index in [2.05, 4.69) is 41.5 Å². The molecule has 1 aliphatic carbocycles. The van der Waals surface area contributed by atoms with Gasteiger partial charge in [-0.25, -0.2) is 0 Å². The molecule has 1 fully saturated rings. The number of hydrogen-bond donors (Lipinski definition) is 0. The van der Waals surface area contributed by atoms with E-state index < -0.39 is 0 Å². The molecule has 0 N–H and O–H groups in total. The minimum absolute atomic E-state index is 0.856. The van der Waals surface area contributed by atoms with Crippen LogP contribution in [0.5, 0.6) is 0 Å². The monoisotopic (exact) mass is 364 g/mol. The van der Waals surface area contributed by atoms with Gasteiger partial charge in [-0.05, 0) is 41.9 Å². The molecule has 5 unspecified atom stereocenters. The summed E-state index contributed by atoms with van der Waals surface area (Å²) in [6.07, 6.45) is 20.5. The van der Waals surface area contributed by atoms with E-state index in [1.807, 2.05) is 0 Å². The third-order valence-corrected chi connectivity index (χ3v) is 7.67. The summed E-state index contributed by atoms with van der Waals surface area (Å²) in [4.78, 5) is 0. The topological polar surface area (TPSA) is 0 Å². The average molecular weight is 365 g/mol. The van der Waals surface area contributed by atoms with Gasteiger partial charge in [0.15, 0.2) is 0 Å². The van der Waals surface area contributed by atoms with E-state index in [4.69, 9.17) is 0 Å². The maximum Gasteiger partial charge on any atom is -0.0329 e. The third-order valence-electron chi connectivity index (χ3n) is 7.67. The molecule has 0 radical (unpaired) electrons. The van der Waals surface area contributed by atoms with Gasteiger partial charge in [0.1, 0.15) is 0 Å². The van der Waals surface area contributed by atoms with Crippen LogP contribution < -0.4 is 0 Å². The third kappa shape index (κ3) is 8.35. The zero-order valence-electron chi connectivity index (χ0n) is 19.4. The predicted octanol–water partition coefficient (Wildman–Crippen LogP) is 9.28. The second kappa shape index (κ2) is 14.1. The second-order valence-electron chi connectivity index (χ2n) is 10.1. The van der Waals surface area contributed by atoms with Crippen molar-refractivity contribution < 1.29 is 0 Å². The molecule has 5 atom stereocenters. The minimum Gasteiger partial charge on any atom is -0.0654 e. The van der Waals surface area contributed by atoms with Crippen LogP contribution in [0.2, 0.25) is 0 Å². The number of unbranched alkanes of at least 4 members (excludes halogenated alkanes) is 9. The van der Waals surface area contributed by atoms with E-state index >= 15 is 0 Å². The van der Waals surface area contributed by atoms with E-state index in [0.29, 0.717) is 0 Å². The molecule has 0 nitrogen and oxygen atoms in total. The Morgan fingerprint density at radius 2 is 1.23 bits per heavy atom. The fourth-order valence-electron chi connectivity index (χ4n) is 5.59. The van der Waals surface area contributed by atoms with Crippen molar-refractivity contribution in [1.29, 1.82) is 0 Å². The molecule has 1 rings (SSSR count). The lowest BCUT2D eigenvalue weighted by atomic mass is 9.53. The summed E-state index contributed by atoms with van der Waals surface area (Å²) < 4.78 is 0. The highest BCUT2D eigenvalue weighted by Gasteiger charge is 2.45. The first-order chi connectivity index (χ1) is 12.5. The quantitative estimate of drug-likeness (QED) is 0.239. The maximum absolute atomic E-state index is 2.58. The van der Waals surface area contributed by atoms with Crippen LogP contribution >= 0.6 is 0 Å². The lowest BCUT2D eigenvalue weighted by Crippen LogP contribution is -2.45. The van der Waals surface area contributed by atoms with Gasteiger partial charge in [0.2, 0.25) is 0 Å². The molecule has 0 aliphatic heterocycles. The van der Waals surface area contributed by atoms with E-state index in [0.717, 1.165) is 35.5 Å². The molecule has 0 heteroatoms. The molecule has 1 saturated carbocycles. The Labute approximate surface area is 167 Å². The zero-order valence-corrected chi connectivity index (χ0v) is 19.4. The Balaban J connectivity index is 2.18. The molecule has 0 amide bonds. The Morgan fingerprint density at radius 1 is 0.692 bits per heavy atom. The Kier molecular flexibility index (Phi) is 13.0. The summed E-state index contributed by atoms with van der Waals surface area (Å²) in [7, 11) is 0. The normalized spacial score (nSPS) is 25.3. The summed E-state index contributed by atoms with van der Waals surface area (Å²) in [6, 6.07) is 0. The van der Waals surface area contributed by atoms with Crippen molar-refractivity contribution in [2.24, 2.45) is 35.5 Å². The van der Waals surface area contributed by atoms with E-state index in [9.17, 15) is 0 Å². The zero-order chi connectivity index (χ0) is 19.4. The van der Waals surface area contributed by atoms with Crippen LogP contribution in [0.15, 0.2) is 0 Å². The van der Waals surface area contributed by atoms with E-state index in [1.165, 1.54) is 89.9 Å². The molecule has 156 valence electrons. The summed E-state index contributed by atoms with van der Waals surface area (Å²) >= 11 is 0. The number of rotatable bonds is 16. The summed E-state index contributed by atoms with van der Waals surface area (Å²) in [6.45, 7) is 14.7. The van der Waals surface area contributed by atoms with E-state index in [-0.39, 0.29) is 0 Å². The highest BCUT2D eigenvalue weighted by Crippen LogP contribution is 2.53. The maximum atomic E-state index is 2.58. The Hall–Kier alpha value is 0. The lowest BCUT2D eigenvalue weighted by Gasteiger charge is -2.52. The highest BCUT2D eigenvalue weighted by atomic mass is 14.5. The van der Waals surface area contributed by atoms with Crippen molar-refractivity contribution in [1.82, 2.24) is 0 Å². The van der Waals surface area contributed by atoms with Crippen molar-refractivity contribution in [3.05, 3.63) is 0 Å². The highest BCUT2D eigenvalue weighted by molar-refractivity contribution is 4.94. The molecule has 0 heterocycles. The van der Waals surface area contributed by atoms with Gasteiger partial charge in [0, 0.05) is 0 Å². The fraction of sp³-hybridized carbons (Fsp3) is 1.00. The second-order valence-corrected chi connectivity index (χ2v) is 10.1. The molecule has 0 aromatic rings. The largest absolute Gasteiger partial charge is 0.0654 e. The first-order valence-corrected chi connectivity index (χ1v) is 12.5. The van der Waals surface area contributed by atoms with Crippen molar-refractivity contribution in [3.63, 3.8) is 0 Å². The van der Waals surface area contributed by atoms with E-state index in [1.54, 1.807) is 0 Å². The summed E-state index contributed by atoms with van der Waals surface area (Å²) in [5, 5.41) is 0. The smallest absolute Gasteiger partial charge is 0.0329 e. The number of hydrogen-bond acceptors (Lipinski definition) is 0. The Bertz CT molecular complexity index is 318. The van der Waals surface area contributed by atoms with Crippen LogP contribution in [-0.4, -0.2) is 0 Å². The summed E-state index contributed by atoms with van der Waals surface area (Å²) in [5.41, 5.74) is 0. The minimum atomic E-state index is 0.856. The molecule has 1 aliphatic rings. The van der Waals surface area contributed by atoms with Crippen LogP contribution in [-0.2, 0) is 0 Å². The van der Waals surface area contributed by atoms with Gasteiger partial charge in [-0.2, -0.15) is 0 Å². The first-order valence-electron chi connectivity index (χ1n) is 12.5. The van der Waals surface area contributed by atoms with Crippen LogP contribution in [0.1, 0.15) is 131 Å². The molecular formula is C26H52. The van der Waals surface area contributed by atoms with Crippen molar-refractivity contribution in [2.45, 2.75) is 131 Å². The van der Waals surface area contributed by atoms with Crippen LogP contribution in [0, 0.1) is 35.5 Å². The van der Waals surface area contributed by atoms with Crippen LogP contribution in [0.3, 0.4) is 0 Å². The lowest BCUT2D eigenvalue weighted by molar-refractivity contribution is -0.0309. The van der Waals surface area contributed by atoms with Crippen LogP contribution in [0.4, 0.5) is 0 Å². The van der Waals surface area contributed by atoms with Crippen molar-refractivity contribution >= 4 is 0 Å². The first kappa shape index (κ1) is 24.0. The Morgan fingerprint density at radius 3 is 1.73 bits per heavy atom. The standard InChI is InChI=1S/C26H52/c1-7-9-10-11-12-13-14-15-16-17-19-22(5)26-24(18-8-2)20-25(26)23(6)21(3)4/h21-26H,7-20H2,1-6H3. The SMILES string of the molecule is CCCCCCCCCCCCC(C)C1C(CCC)CC1C(C)C(C)C. The molecule has 0 spiro atoms. The van der Waals surface area contributed by atoms with Gasteiger partial charge in [0.25, 0.3) is 0 Å².